The number of amides is 1. The fourth-order valence-corrected chi connectivity index (χ4v) is 0.180. The van der Waals surface area contributed by atoms with E-state index in [4.69, 9.17) is 1.37 Å². The minimum atomic E-state index is -0.986. The molecule has 0 aliphatic heterocycles. The fourth-order valence-electron chi connectivity index (χ4n) is 0.180. The predicted molar refractivity (Wildman–Crippen MR) is 26.1 cm³/mol. The second kappa shape index (κ2) is 4.11. The van der Waals surface area contributed by atoms with Crippen LogP contribution in [-0.4, -0.2) is 26.0 Å². The third kappa shape index (κ3) is 3.14. The average molecular weight is 119 g/mol. The van der Waals surface area contributed by atoms with Crippen molar-refractivity contribution in [3.63, 3.8) is 0 Å². The van der Waals surface area contributed by atoms with Crippen LogP contribution in [-0.2, 0) is 14.3 Å². The Bertz CT molecular complexity index is 125. The van der Waals surface area contributed by atoms with Gasteiger partial charge < -0.3 is 10.1 Å². The molecule has 4 nitrogen and oxygen atoms in total. The zero-order valence-electron chi connectivity index (χ0n) is 5.43. The highest BCUT2D eigenvalue weighted by Gasteiger charge is 1.93. The highest BCUT2D eigenvalue weighted by Crippen LogP contribution is 1.65. The highest BCUT2D eigenvalue weighted by molar-refractivity contribution is 5.73. The Hall–Kier alpha value is -1.06. The molecule has 0 aromatic rings. The summed E-state index contributed by atoms with van der Waals surface area (Å²) in [5.74, 6) is -0.560. The smallest absolute Gasteiger partial charge is 0.325 e. The lowest BCUT2D eigenvalue weighted by Gasteiger charge is -1.93. The Morgan fingerprint density at radius 2 is 2.75 bits per heavy atom. The standard InChI is InChI=1S/C4H7NO3/c1-8-4(7)2-5-3-6/h3H,2H2,1H3,(H,5,6)/i3T. The van der Waals surface area contributed by atoms with Crippen LogP contribution in [0.1, 0.15) is 1.37 Å². The van der Waals surface area contributed by atoms with E-state index < -0.39 is 12.4 Å². The fraction of sp³-hybridized carbons (Fsp3) is 0.500. The van der Waals surface area contributed by atoms with Crippen molar-refractivity contribution in [2.45, 2.75) is 0 Å². The summed E-state index contributed by atoms with van der Waals surface area (Å²) in [5.41, 5.74) is 0. The number of carbonyl (C=O) groups is 2. The lowest BCUT2D eigenvalue weighted by molar-refractivity contribution is -0.140. The molecule has 8 heavy (non-hydrogen) atoms. The zero-order valence-corrected chi connectivity index (χ0v) is 4.43. The van der Waals surface area contributed by atoms with Gasteiger partial charge in [-0.3, -0.25) is 9.59 Å². The Balaban J connectivity index is 3.28. The monoisotopic (exact) mass is 119 g/mol. The minimum Gasteiger partial charge on any atom is -0.468 e. The summed E-state index contributed by atoms with van der Waals surface area (Å²) < 4.78 is 10.5. The first-order valence-electron chi connectivity index (χ1n) is 2.48. The normalized spacial score (nSPS) is 9.38. The van der Waals surface area contributed by atoms with E-state index in [-0.39, 0.29) is 6.54 Å². The van der Waals surface area contributed by atoms with Crippen molar-refractivity contribution in [3.8, 4) is 0 Å². The van der Waals surface area contributed by atoms with Gasteiger partial charge in [0.2, 0.25) is 6.39 Å². The summed E-state index contributed by atoms with van der Waals surface area (Å²) in [6.45, 7) is -0.237. The molecule has 0 atom stereocenters. The number of rotatable bonds is 2. The van der Waals surface area contributed by atoms with Crippen LogP contribution in [0.5, 0.6) is 0 Å². The van der Waals surface area contributed by atoms with Gasteiger partial charge in [0.15, 0.2) is 0 Å². The van der Waals surface area contributed by atoms with Crippen molar-refractivity contribution in [3.05, 3.63) is 0 Å². The highest BCUT2D eigenvalue weighted by atomic mass is 16.5. The first kappa shape index (κ1) is 5.08. The summed E-state index contributed by atoms with van der Waals surface area (Å²) >= 11 is 0. The molecule has 0 rings (SSSR count). The number of nitrogens with one attached hydrogen (secondary N) is 1. The van der Waals surface area contributed by atoms with Crippen molar-refractivity contribution in [2.75, 3.05) is 13.7 Å². The molecule has 0 bridgehead atoms. The number of methoxy groups -OCH3 is 1. The topological polar surface area (TPSA) is 55.4 Å². The van der Waals surface area contributed by atoms with Gasteiger partial charge in [0.05, 0.1) is 7.11 Å². The van der Waals surface area contributed by atoms with Crippen molar-refractivity contribution >= 4 is 12.4 Å². The number of ether oxygens (including phenoxy) is 1. The third-order valence-electron chi connectivity index (χ3n) is 0.533. The molecule has 0 radical (unpaired) electrons. The van der Waals surface area contributed by atoms with E-state index in [1.807, 2.05) is 5.32 Å². The van der Waals surface area contributed by atoms with Gasteiger partial charge in [-0.05, 0) is 0 Å². The maximum atomic E-state index is 10.2. The van der Waals surface area contributed by atoms with Crippen molar-refractivity contribution < 1.29 is 15.7 Å². The van der Waals surface area contributed by atoms with Gasteiger partial charge in [-0.1, -0.05) is 0 Å². The van der Waals surface area contributed by atoms with Gasteiger partial charge in [0, 0.05) is 0 Å². The van der Waals surface area contributed by atoms with Crippen LogP contribution in [0, 0.1) is 0 Å². The van der Waals surface area contributed by atoms with Crippen LogP contribution in [0.4, 0.5) is 0 Å². The molecule has 0 aromatic heterocycles. The molecular formula is C4H7NO3. The Morgan fingerprint density at radius 1 is 2.12 bits per heavy atom. The summed E-state index contributed by atoms with van der Waals surface area (Å²) in [4.78, 5) is 20.0. The van der Waals surface area contributed by atoms with E-state index in [1.165, 1.54) is 7.11 Å². The molecule has 0 saturated heterocycles. The lowest BCUT2D eigenvalue weighted by Crippen LogP contribution is -2.21. The van der Waals surface area contributed by atoms with Crippen LogP contribution < -0.4 is 5.32 Å². The van der Waals surface area contributed by atoms with E-state index >= 15 is 0 Å². The zero-order chi connectivity index (χ0) is 7.28. The Morgan fingerprint density at radius 3 is 3.12 bits per heavy atom. The molecule has 1 amide bonds. The van der Waals surface area contributed by atoms with E-state index in [0.29, 0.717) is 0 Å². The Kier molecular flexibility index (Phi) is 2.61. The predicted octanol–water partition coefficient (Wildman–Crippen LogP) is -1.09. The van der Waals surface area contributed by atoms with Crippen molar-refractivity contribution in [1.82, 2.24) is 5.32 Å². The first-order valence-corrected chi connectivity index (χ1v) is 1.98. The van der Waals surface area contributed by atoms with Crippen LogP contribution in [0.3, 0.4) is 0 Å². The lowest BCUT2D eigenvalue weighted by atomic mass is 10.7. The van der Waals surface area contributed by atoms with Crippen LogP contribution in [0.25, 0.3) is 0 Å². The SMILES string of the molecule is [3H]C(=O)NCC(=O)OC. The number of esters is 1. The third-order valence-corrected chi connectivity index (χ3v) is 0.533. The van der Waals surface area contributed by atoms with Gasteiger partial charge in [-0.15, -0.1) is 0 Å². The molecule has 0 saturated carbocycles. The van der Waals surface area contributed by atoms with E-state index in [9.17, 15) is 9.59 Å². The maximum absolute atomic E-state index is 10.2. The maximum Gasteiger partial charge on any atom is 0.325 e. The second-order valence-corrected chi connectivity index (χ2v) is 1.03. The van der Waals surface area contributed by atoms with E-state index in [1.54, 1.807) is 0 Å². The Labute approximate surface area is 48.2 Å². The average Bonchev–Trinajstić information content (AvgIpc) is 1.83. The second-order valence-electron chi connectivity index (χ2n) is 1.03. The van der Waals surface area contributed by atoms with Gasteiger partial charge in [-0.25, -0.2) is 0 Å². The molecule has 0 heterocycles. The molecule has 0 aliphatic rings. The van der Waals surface area contributed by atoms with Gasteiger partial charge in [0.1, 0.15) is 7.92 Å². The molecule has 0 fully saturated rings. The largest absolute Gasteiger partial charge is 0.468 e. The summed E-state index contributed by atoms with van der Waals surface area (Å²) in [6.07, 6.45) is -0.986. The molecule has 0 spiro atoms. The quantitative estimate of drug-likeness (QED) is 0.371. The van der Waals surface area contributed by atoms with Gasteiger partial charge in [-0.2, -0.15) is 0 Å². The minimum absolute atomic E-state index is 0.237. The molecule has 0 unspecified atom stereocenters. The first-order chi connectivity index (χ1) is 4.16. The molecule has 1 N–H and O–H groups in total. The summed E-state index contributed by atoms with van der Waals surface area (Å²) in [7, 11) is 1.21. The van der Waals surface area contributed by atoms with Crippen LogP contribution in [0.2, 0.25) is 0 Å². The summed E-state index contributed by atoms with van der Waals surface area (Å²) in [6, 6.07) is 0. The number of hydrogen-bond acceptors (Lipinski definition) is 3. The van der Waals surface area contributed by atoms with Crippen LogP contribution >= 0.6 is 0 Å². The van der Waals surface area contributed by atoms with Crippen molar-refractivity contribution in [1.29, 1.82) is 0 Å². The molecular weight excluding hydrogens is 110 g/mol. The summed E-state index contributed by atoms with van der Waals surface area (Å²) in [5, 5.41) is 1.95. The number of carbonyl (C=O) groups excluding carboxylic acids is 2. The molecule has 4 heteroatoms. The van der Waals surface area contributed by atoms with Gasteiger partial charge >= 0.3 is 5.97 Å². The van der Waals surface area contributed by atoms with E-state index in [2.05, 4.69) is 4.74 Å². The van der Waals surface area contributed by atoms with E-state index in [0.717, 1.165) is 0 Å². The molecule has 0 aliphatic carbocycles. The molecule has 0 aromatic carbocycles. The van der Waals surface area contributed by atoms with Gasteiger partial charge in [0.25, 0.3) is 0 Å². The number of hydrogen-bond donors (Lipinski definition) is 1. The molecule has 46 valence electrons. The van der Waals surface area contributed by atoms with Crippen LogP contribution in [0.15, 0.2) is 0 Å². The van der Waals surface area contributed by atoms with Crippen molar-refractivity contribution in [2.24, 2.45) is 0 Å².